The van der Waals surface area contributed by atoms with Crippen LogP contribution in [0.1, 0.15) is 5.56 Å². The summed E-state index contributed by atoms with van der Waals surface area (Å²) in [5, 5.41) is 5.17. The molecule has 0 saturated heterocycles. The van der Waals surface area contributed by atoms with Crippen LogP contribution < -0.4 is 9.88 Å². The molecule has 0 heterocycles. The van der Waals surface area contributed by atoms with Crippen molar-refractivity contribution < 1.29 is 13.2 Å². The number of primary sulfonamides is 1. The van der Waals surface area contributed by atoms with E-state index >= 15 is 0 Å². The van der Waals surface area contributed by atoms with Crippen LogP contribution in [-0.4, -0.2) is 15.5 Å². The molecule has 0 fully saturated rings. The molecule has 0 radical (unpaired) electrons. The Kier molecular flexibility index (Phi) is 4.61. The normalized spacial score (nSPS) is 11.3. The molecular formula is C20H19NO3S. The van der Waals surface area contributed by atoms with E-state index in [0.717, 1.165) is 33.6 Å². The number of hydrogen-bond acceptors (Lipinski definition) is 3. The monoisotopic (exact) mass is 353 g/mol. The van der Waals surface area contributed by atoms with E-state index in [-0.39, 0.29) is 4.90 Å². The molecule has 2 N–H and O–H groups in total. The predicted octanol–water partition coefficient (Wildman–Crippen LogP) is 3.99. The van der Waals surface area contributed by atoms with Crippen molar-refractivity contribution in [3.05, 3.63) is 72.3 Å². The molecule has 0 aliphatic carbocycles. The number of methoxy groups -OCH3 is 1. The number of nitrogens with two attached hydrogens (primary N) is 1. The Morgan fingerprint density at radius 2 is 1.40 bits per heavy atom. The maximum atomic E-state index is 11.4. The summed E-state index contributed by atoms with van der Waals surface area (Å²) in [5.41, 5.74) is 5.08. The molecule has 0 saturated carbocycles. The van der Waals surface area contributed by atoms with Crippen LogP contribution in [0.3, 0.4) is 0 Å². The molecule has 0 bridgehead atoms. The summed E-state index contributed by atoms with van der Waals surface area (Å²) in [6, 6.07) is 20.6. The third-order valence-electron chi connectivity index (χ3n) is 4.14. The van der Waals surface area contributed by atoms with Crippen molar-refractivity contribution in [2.75, 3.05) is 7.11 Å². The highest BCUT2D eigenvalue weighted by atomic mass is 32.2. The number of ether oxygens (including phenoxy) is 1. The molecule has 0 amide bonds. The lowest BCUT2D eigenvalue weighted by atomic mass is 9.94. The van der Waals surface area contributed by atoms with Gasteiger partial charge in [0.1, 0.15) is 5.75 Å². The molecule has 3 rings (SSSR count). The zero-order chi connectivity index (χ0) is 18.0. The van der Waals surface area contributed by atoms with E-state index < -0.39 is 10.0 Å². The molecule has 0 spiro atoms. The van der Waals surface area contributed by atoms with E-state index in [1.165, 1.54) is 12.1 Å². The van der Waals surface area contributed by atoms with Gasteiger partial charge in [-0.2, -0.15) is 0 Å². The highest BCUT2D eigenvalue weighted by Crippen LogP contribution is 2.34. The molecule has 25 heavy (non-hydrogen) atoms. The molecule has 3 aromatic carbocycles. The van der Waals surface area contributed by atoms with Gasteiger partial charge in [0.25, 0.3) is 0 Å². The van der Waals surface area contributed by atoms with E-state index in [1.54, 1.807) is 19.2 Å². The molecule has 5 heteroatoms. The van der Waals surface area contributed by atoms with Gasteiger partial charge in [0, 0.05) is 0 Å². The lowest BCUT2D eigenvalue weighted by Gasteiger charge is -2.13. The van der Waals surface area contributed by atoms with Gasteiger partial charge in [-0.3, -0.25) is 0 Å². The molecule has 0 aliphatic rings. The molecular weight excluding hydrogens is 334 g/mol. The molecule has 4 nitrogen and oxygen atoms in total. The third-order valence-corrected chi connectivity index (χ3v) is 5.07. The first-order chi connectivity index (χ1) is 11.9. The van der Waals surface area contributed by atoms with Crippen molar-refractivity contribution in [1.82, 2.24) is 0 Å². The summed E-state index contributed by atoms with van der Waals surface area (Å²) >= 11 is 0. The van der Waals surface area contributed by atoms with Crippen LogP contribution in [-0.2, 0) is 10.0 Å². The number of hydrogen-bond donors (Lipinski definition) is 1. The first-order valence-corrected chi connectivity index (χ1v) is 9.32. The van der Waals surface area contributed by atoms with Gasteiger partial charge in [-0.25, -0.2) is 13.6 Å². The second kappa shape index (κ2) is 6.70. The standard InChI is InChI=1S/C20H19NO3S/c1-14-7-8-16(13-20(14)24-2)19-6-4-3-5-18(19)15-9-11-17(12-10-15)25(21,22)23/h3-13H,1-2H3,(H2,21,22,23). The van der Waals surface area contributed by atoms with Crippen LogP contribution in [0.2, 0.25) is 0 Å². The molecule has 3 aromatic rings. The second-order valence-corrected chi connectivity index (χ2v) is 7.36. The SMILES string of the molecule is COc1cc(-c2ccccc2-c2ccc(S(N)(=O)=O)cc2)ccc1C. The molecule has 0 unspecified atom stereocenters. The van der Waals surface area contributed by atoms with Gasteiger partial charge in [0.15, 0.2) is 0 Å². The lowest BCUT2D eigenvalue weighted by molar-refractivity contribution is 0.412. The van der Waals surface area contributed by atoms with E-state index in [9.17, 15) is 8.42 Å². The fourth-order valence-electron chi connectivity index (χ4n) is 2.80. The van der Waals surface area contributed by atoms with Crippen molar-refractivity contribution in [3.8, 4) is 28.0 Å². The van der Waals surface area contributed by atoms with Crippen molar-refractivity contribution in [2.24, 2.45) is 5.14 Å². The molecule has 0 aromatic heterocycles. The van der Waals surface area contributed by atoms with E-state index in [1.807, 2.05) is 43.3 Å². The summed E-state index contributed by atoms with van der Waals surface area (Å²) in [7, 11) is -2.04. The summed E-state index contributed by atoms with van der Waals surface area (Å²) < 4.78 is 28.3. The van der Waals surface area contributed by atoms with Crippen LogP contribution in [0, 0.1) is 6.92 Å². The highest BCUT2D eigenvalue weighted by Gasteiger charge is 2.11. The van der Waals surface area contributed by atoms with Crippen molar-refractivity contribution >= 4 is 10.0 Å². The number of rotatable bonds is 4. The van der Waals surface area contributed by atoms with Crippen LogP contribution in [0.25, 0.3) is 22.3 Å². The quantitative estimate of drug-likeness (QED) is 0.771. The Balaban J connectivity index is 2.11. The minimum atomic E-state index is -3.69. The highest BCUT2D eigenvalue weighted by molar-refractivity contribution is 7.89. The molecule has 0 aliphatic heterocycles. The fourth-order valence-corrected chi connectivity index (χ4v) is 3.31. The number of aryl methyl sites for hydroxylation is 1. The van der Waals surface area contributed by atoms with Crippen LogP contribution in [0.5, 0.6) is 5.75 Å². The predicted molar refractivity (Wildman–Crippen MR) is 100.0 cm³/mol. The number of sulfonamides is 1. The number of benzene rings is 3. The topological polar surface area (TPSA) is 69.4 Å². The average Bonchev–Trinajstić information content (AvgIpc) is 2.61. The second-order valence-electron chi connectivity index (χ2n) is 5.80. The maximum absolute atomic E-state index is 11.4. The van der Waals surface area contributed by atoms with Crippen LogP contribution >= 0.6 is 0 Å². The minimum Gasteiger partial charge on any atom is -0.496 e. The minimum absolute atomic E-state index is 0.103. The van der Waals surface area contributed by atoms with Gasteiger partial charge in [0.2, 0.25) is 10.0 Å². The van der Waals surface area contributed by atoms with Gasteiger partial charge in [-0.05, 0) is 52.9 Å². The third kappa shape index (κ3) is 3.57. The summed E-state index contributed by atoms with van der Waals surface area (Å²) in [6.07, 6.45) is 0. The van der Waals surface area contributed by atoms with Crippen LogP contribution in [0.15, 0.2) is 71.6 Å². The molecule has 0 atom stereocenters. The molecule has 128 valence electrons. The zero-order valence-corrected chi connectivity index (χ0v) is 14.9. The summed E-state index contributed by atoms with van der Waals surface area (Å²) in [6.45, 7) is 2.00. The Labute approximate surface area is 147 Å². The first-order valence-electron chi connectivity index (χ1n) is 7.77. The fraction of sp³-hybridized carbons (Fsp3) is 0.100. The Morgan fingerprint density at radius 3 is 1.96 bits per heavy atom. The lowest BCUT2D eigenvalue weighted by Crippen LogP contribution is -2.11. The van der Waals surface area contributed by atoms with Gasteiger partial charge < -0.3 is 4.74 Å². The summed E-state index contributed by atoms with van der Waals surface area (Å²) in [5.74, 6) is 0.830. The van der Waals surface area contributed by atoms with Crippen molar-refractivity contribution in [1.29, 1.82) is 0 Å². The van der Waals surface area contributed by atoms with Crippen molar-refractivity contribution in [2.45, 2.75) is 11.8 Å². The van der Waals surface area contributed by atoms with E-state index in [2.05, 4.69) is 6.07 Å². The van der Waals surface area contributed by atoms with Crippen LogP contribution in [0.4, 0.5) is 0 Å². The Hall–Kier alpha value is -2.63. The largest absolute Gasteiger partial charge is 0.496 e. The first kappa shape index (κ1) is 17.2. The van der Waals surface area contributed by atoms with Crippen molar-refractivity contribution in [3.63, 3.8) is 0 Å². The van der Waals surface area contributed by atoms with E-state index in [0.29, 0.717) is 0 Å². The van der Waals surface area contributed by atoms with Gasteiger partial charge in [-0.15, -0.1) is 0 Å². The maximum Gasteiger partial charge on any atom is 0.238 e. The smallest absolute Gasteiger partial charge is 0.238 e. The Bertz CT molecular complexity index is 1010. The zero-order valence-electron chi connectivity index (χ0n) is 14.1. The summed E-state index contributed by atoms with van der Waals surface area (Å²) in [4.78, 5) is 0.103. The van der Waals surface area contributed by atoms with Gasteiger partial charge in [0.05, 0.1) is 12.0 Å². The van der Waals surface area contributed by atoms with E-state index in [4.69, 9.17) is 9.88 Å². The van der Waals surface area contributed by atoms with Gasteiger partial charge in [-0.1, -0.05) is 48.5 Å². The average molecular weight is 353 g/mol. The Morgan fingerprint density at radius 1 is 0.840 bits per heavy atom. The van der Waals surface area contributed by atoms with Gasteiger partial charge >= 0.3 is 0 Å².